The molecule has 0 aromatic heterocycles. The van der Waals surface area contributed by atoms with Gasteiger partial charge in [-0.25, -0.2) is 0 Å². The van der Waals surface area contributed by atoms with Gasteiger partial charge in [-0.3, -0.25) is 9.69 Å². The molecule has 0 aromatic carbocycles. The van der Waals surface area contributed by atoms with E-state index in [1.165, 1.54) is 0 Å². The second-order valence-electron chi connectivity index (χ2n) is 2.62. The molecule has 0 rings (SSSR count). The highest BCUT2D eigenvalue weighted by Gasteiger charge is 2.36. The van der Waals surface area contributed by atoms with Crippen LogP contribution in [0.2, 0.25) is 0 Å². The van der Waals surface area contributed by atoms with E-state index in [4.69, 9.17) is 5.11 Å². The lowest BCUT2D eigenvalue weighted by atomic mass is 10.2. The molecule has 2 unspecified atom stereocenters. The van der Waals surface area contributed by atoms with Gasteiger partial charge in [0, 0.05) is 0 Å². The van der Waals surface area contributed by atoms with E-state index in [-0.39, 0.29) is 3.55 Å². The van der Waals surface area contributed by atoms with Crippen LogP contribution in [0.3, 0.4) is 0 Å². The van der Waals surface area contributed by atoms with Crippen molar-refractivity contribution in [3.8, 4) is 0 Å². The maximum absolute atomic E-state index is 10.6. The average Bonchev–Trinajstić information content (AvgIpc) is 1.85. The molecule has 0 spiro atoms. The summed E-state index contributed by atoms with van der Waals surface area (Å²) in [7, 11) is 3.75. The first-order valence-corrected chi connectivity index (χ1v) is 5.35. The number of hydrogen-bond acceptors (Lipinski definition) is 2. The summed E-state index contributed by atoms with van der Waals surface area (Å²) in [5.41, 5.74) is 0. The van der Waals surface area contributed by atoms with Crippen molar-refractivity contribution in [3.05, 3.63) is 0 Å². The lowest BCUT2D eigenvalue weighted by Crippen LogP contribution is -2.46. The Morgan fingerprint density at radius 1 is 1.64 bits per heavy atom. The number of aliphatic carboxylic acids is 1. The Morgan fingerprint density at radius 3 is 2.09 bits per heavy atom. The highest BCUT2D eigenvalue weighted by atomic mass is 127. The summed E-state index contributed by atoms with van der Waals surface area (Å²) < 4.78 is -0.722. The van der Waals surface area contributed by atoms with Crippen molar-refractivity contribution in [2.24, 2.45) is 0 Å². The molecule has 5 heteroatoms. The smallest absolute Gasteiger partial charge is 0.319 e. The summed E-state index contributed by atoms with van der Waals surface area (Å²) in [6, 6.07) is 0. The van der Waals surface area contributed by atoms with Gasteiger partial charge in [0.25, 0.3) is 0 Å². The number of halogens is 2. The summed E-state index contributed by atoms with van der Waals surface area (Å²) in [6.45, 7) is 1.90. The van der Waals surface area contributed by atoms with E-state index in [0.29, 0.717) is 0 Å². The van der Waals surface area contributed by atoms with Gasteiger partial charge in [0.05, 0.1) is 3.55 Å². The Morgan fingerprint density at radius 2 is 2.00 bits per heavy atom. The molecule has 3 nitrogen and oxygen atoms in total. The molecule has 66 valence electrons. The van der Waals surface area contributed by atoms with E-state index < -0.39 is 9.89 Å². The predicted octanol–water partition coefficient (Wildman–Crippen LogP) is 1.59. The normalized spacial score (nSPS) is 19.5. The molecule has 0 saturated heterocycles. The molecule has 0 saturated carbocycles. The first kappa shape index (κ1) is 11.9. The van der Waals surface area contributed by atoms with Gasteiger partial charge in [-0.2, -0.15) is 0 Å². The number of hydrogen-bond donors (Lipinski definition) is 1. The van der Waals surface area contributed by atoms with Gasteiger partial charge in [-0.05, 0) is 21.0 Å². The Bertz CT molecular complexity index is 159. The number of rotatable bonds is 3. The summed E-state index contributed by atoms with van der Waals surface area (Å²) in [4.78, 5) is 12.5. The van der Waals surface area contributed by atoms with Crippen LogP contribution in [-0.4, -0.2) is 37.5 Å². The molecule has 0 amide bonds. The zero-order valence-electron chi connectivity index (χ0n) is 6.64. The molecular formula is C6H11I2NO2. The first-order valence-electron chi connectivity index (χ1n) is 3.03. The van der Waals surface area contributed by atoms with E-state index in [9.17, 15) is 4.79 Å². The number of carboxylic acid groups (broad SMARTS) is 1. The fourth-order valence-corrected chi connectivity index (χ4v) is 1.28. The standard InChI is InChI=1S/C6H11I2NO2/c1-6(8,9(2)3)4(7)5(10)11/h4H,1-3H3,(H,10,11). The van der Waals surface area contributed by atoms with Crippen molar-refractivity contribution in [3.63, 3.8) is 0 Å². The van der Waals surface area contributed by atoms with Crippen LogP contribution in [0.5, 0.6) is 0 Å². The lowest BCUT2D eigenvalue weighted by Gasteiger charge is -2.32. The van der Waals surface area contributed by atoms with E-state index >= 15 is 0 Å². The number of carboxylic acids is 1. The molecule has 1 N–H and O–H groups in total. The Balaban J connectivity index is 4.41. The van der Waals surface area contributed by atoms with Crippen molar-refractivity contribution >= 4 is 51.2 Å². The second-order valence-corrected chi connectivity index (χ2v) is 6.05. The zero-order chi connectivity index (χ0) is 9.23. The molecular weight excluding hydrogens is 372 g/mol. The molecule has 11 heavy (non-hydrogen) atoms. The summed E-state index contributed by atoms with van der Waals surface area (Å²) >= 11 is 4.09. The topological polar surface area (TPSA) is 40.5 Å². The van der Waals surface area contributed by atoms with Crippen LogP contribution in [0.4, 0.5) is 0 Å². The van der Waals surface area contributed by atoms with Crippen LogP contribution in [0, 0.1) is 0 Å². The third kappa shape index (κ3) is 3.02. The molecule has 2 atom stereocenters. The SMILES string of the molecule is CN(C)C(C)(I)C(I)C(=O)O. The second kappa shape index (κ2) is 4.22. The fraction of sp³-hybridized carbons (Fsp3) is 0.833. The minimum Gasteiger partial charge on any atom is -0.480 e. The van der Waals surface area contributed by atoms with Crippen molar-refractivity contribution in [2.45, 2.75) is 14.4 Å². The largest absolute Gasteiger partial charge is 0.480 e. The minimum atomic E-state index is -0.767. The van der Waals surface area contributed by atoms with Crippen LogP contribution >= 0.6 is 45.2 Å². The van der Waals surface area contributed by atoms with Gasteiger partial charge in [-0.1, -0.05) is 45.2 Å². The van der Waals surface area contributed by atoms with Crippen LogP contribution in [0.25, 0.3) is 0 Å². The summed E-state index contributed by atoms with van der Waals surface area (Å²) in [5.74, 6) is -0.767. The van der Waals surface area contributed by atoms with Gasteiger partial charge in [0.2, 0.25) is 0 Å². The molecule has 0 aliphatic rings. The van der Waals surface area contributed by atoms with E-state index in [2.05, 4.69) is 22.6 Å². The van der Waals surface area contributed by atoms with Crippen molar-refractivity contribution in [2.75, 3.05) is 14.1 Å². The van der Waals surface area contributed by atoms with Gasteiger partial charge in [0.1, 0.15) is 3.92 Å². The van der Waals surface area contributed by atoms with Crippen molar-refractivity contribution in [1.82, 2.24) is 4.90 Å². The Kier molecular flexibility index (Phi) is 4.56. The van der Waals surface area contributed by atoms with Gasteiger partial charge >= 0.3 is 5.97 Å². The maximum atomic E-state index is 10.6. The highest BCUT2D eigenvalue weighted by Crippen LogP contribution is 2.30. The molecule has 0 aliphatic carbocycles. The monoisotopic (exact) mass is 383 g/mol. The van der Waals surface area contributed by atoms with Crippen LogP contribution < -0.4 is 0 Å². The third-order valence-electron chi connectivity index (χ3n) is 1.55. The van der Waals surface area contributed by atoms with Crippen LogP contribution in [0.1, 0.15) is 6.92 Å². The van der Waals surface area contributed by atoms with E-state index in [1.54, 1.807) is 0 Å². The van der Waals surface area contributed by atoms with Crippen LogP contribution in [-0.2, 0) is 4.79 Å². The third-order valence-corrected chi connectivity index (χ3v) is 6.08. The van der Waals surface area contributed by atoms with Crippen LogP contribution in [0.15, 0.2) is 0 Å². The maximum Gasteiger partial charge on any atom is 0.319 e. The minimum absolute atomic E-state index is 0.329. The quantitative estimate of drug-likeness (QED) is 0.458. The average molecular weight is 383 g/mol. The van der Waals surface area contributed by atoms with E-state index in [1.807, 2.05) is 48.5 Å². The number of carbonyl (C=O) groups is 1. The molecule has 0 bridgehead atoms. The zero-order valence-corrected chi connectivity index (χ0v) is 11.0. The molecule has 0 heterocycles. The number of alkyl halides is 2. The Hall–Kier alpha value is 0.890. The van der Waals surface area contributed by atoms with Gasteiger partial charge in [-0.15, -0.1) is 0 Å². The highest BCUT2D eigenvalue weighted by molar-refractivity contribution is 14.1. The Labute approximate surface area is 93.8 Å². The fourth-order valence-electron chi connectivity index (χ4n) is 0.452. The molecule has 0 fully saturated rings. The summed E-state index contributed by atoms with van der Waals surface area (Å²) in [5, 5.41) is 8.73. The molecule has 0 aromatic rings. The van der Waals surface area contributed by atoms with Crippen molar-refractivity contribution < 1.29 is 9.90 Å². The number of nitrogens with zero attached hydrogens (tertiary/aromatic N) is 1. The predicted molar refractivity (Wildman–Crippen MR) is 61.6 cm³/mol. The molecule has 0 radical (unpaired) electrons. The van der Waals surface area contributed by atoms with Gasteiger partial charge in [0.15, 0.2) is 0 Å². The van der Waals surface area contributed by atoms with Gasteiger partial charge < -0.3 is 5.11 Å². The summed E-state index contributed by atoms with van der Waals surface area (Å²) in [6.07, 6.45) is 0. The van der Waals surface area contributed by atoms with Crippen molar-refractivity contribution in [1.29, 1.82) is 0 Å². The van der Waals surface area contributed by atoms with E-state index in [0.717, 1.165) is 0 Å². The first-order chi connectivity index (χ1) is 4.80. The molecule has 0 aliphatic heterocycles. The lowest BCUT2D eigenvalue weighted by molar-refractivity contribution is -0.137.